The van der Waals surface area contributed by atoms with Crippen LogP contribution in [0.3, 0.4) is 0 Å². The number of unbranched alkanes of at least 4 members (excludes halogenated alkanes) is 21. The van der Waals surface area contributed by atoms with Crippen molar-refractivity contribution < 1.29 is 4.79 Å². The number of nitrogens with zero attached hydrogens (tertiary/aromatic N) is 1. The van der Waals surface area contributed by atoms with E-state index >= 15 is 0 Å². The standard InChI is InChI=1S/C32H61NO/c1-2-3-4-5-6-7-8-9-10-11-12-13-14-15-16-17-18-19-20-21-22-23-24-25-26-29-32(34)33-30-27-28-31-33/h9-10H,2-8,11-31H2,1H3/b10-9-. The summed E-state index contributed by atoms with van der Waals surface area (Å²) in [5, 5.41) is 0. The zero-order valence-electron chi connectivity index (χ0n) is 23.3. The number of carbonyl (C=O) groups excluding carboxylic acids is 1. The summed E-state index contributed by atoms with van der Waals surface area (Å²) in [6.45, 7) is 4.31. The van der Waals surface area contributed by atoms with E-state index in [4.69, 9.17) is 0 Å². The quantitative estimate of drug-likeness (QED) is 0.0949. The summed E-state index contributed by atoms with van der Waals surface area (Å²) >= 11 is 0. The summed E-state index contributed by atoms with van der Waals surface area (Å²) in [6, 6.07) is 0. The summed E-state index contributed by atoms with van der Waals surface area (Å²) in [6.07, 6.45) is 39.9. The van der Waals surface area contributed by atoms with Gasteiger partial charge in [0.15, 0.2) is 0 Å². The maximum atomic E-state index is 12.0. The van der Waals surface area contributed by atoms with Gasteiger partial charge in [-0.15, -0.1) is 0 Å². The minimum absolute atomic E-state index is 0.406. The summed E-state index contributed by atoms with van der Waals surface area (Å²) < 4.78 is 0. The van der Waals surface area contributed by atoms with Crippen LogP contribution in [0.1, 0.15) is 174 Å². The molecule has 200 valence electrons. The Bertz CT molecular complexity index is 452. The molecule has 1 aliphatic heterocycles. The minimum atomic E-state index is 0.406. The molecule has 34 heavy (non-hydrogen) atoms. The third-order valence-corrected chi connectivity index (χ3v) is 7.61. The lowest BCUT2D eigenvalue weighted by atomic mass is 10.0. The molecule has 1 saturated heterocycles. The SMILES string of the molecule is CCCCCCCC/C=C\CCCCCCCCCCCCCCCCCC(=O)N1CCCC1. The van der Waals surface area contributed by atoms with Crippen molar-refractivity contribution >= 4 is 5.91 Å². The van der Waals surface area contributed by atoms with E-state index in [9.17, 15) is 4.79 Å². The minimum Gasteiger partial charge on any atom is -0.343 e. The van der Waals surface area contributed by atoms with E-state index in [0.717, 1.165) is 25.9 Å². The van der Waals surface area contributed by atoms with Gasteiger partial charge in [-0.3, -0.25) is 4.79 Å². The summed E-state index contributed by atoms with van der Waals surface area (Å²) in [5.74, 6) is 0.406. The maximum Gasteiger partial charge on any atom is 0.222 e. The van der Waals surface area contributed by atoms with Crippen molar-refractivity contribution in [3.63, 3.8) is 0 Å². The van der Waals surface area contributed by atoms with Gasteiger partial charge in [-0.2, -0.15) is 0 Å². The summed E-state index contributed by atoms with van der Waals surface area (Å²) in [4.78, 5) is 14.1. The molecule has 1 aliphatic rings. The Morgan fingerprint density at radius 2 is 0.882 bits per heavy atom. The van der Waals surface area contributed by atoms with Gasteiger partial charge in [0.05, 0.1) is 0 Å². The van der Waals surface area contributed by atoms with Crippen molar-refractivity contribution in [2.24, 2.45) is 0 Å². The van der Waals surface area contributed by atoms with Crippen LogP contribution in [0.15, 0.2) is 12.2 Å². The molecule has 0 bridgehead atoms. The molecule has 0 N–H and O–H groups in total. The second kappa shape index (κ2) is 25.3. The third-order valence-electron chi connectivity index (χ3n) is 7.61. The van der Waals surface area contributed by atoms with Gasteiger partial charge >= 0.3 is 0 Å². The molecule has 0 aromatic heterocycles. The van der Waals surface area contributed by atoms with Crippen molar-refractivity contribution in [2.75, 3.05) is 13.1 Å². The van der Waals surface area contributed by atoms with Gasteiger partial charge in [0.2, 0.25) is 5.91 Å². The van der Waals surface area contributed by atoms with Crippen LogP contribution in [0.4, 0.5) is 0 Å². The van der Waals surface area contributed by atoms with E-state index in [-0.39, 0.29) is 0 Å². The number of carbonyl (C=O) groups is 1. The molecule has 2 nitrogen and oxygen atoms in total. The Kier molecular flexibility index (Phi) is 23.3. The van der Waals surface area contributed by atoms with Gasteiger partial charge in [-0.1, -0.05) is 135 Å². The molecule has 1 fully saturated rings. The Morgan fingerprint density at radius 1 is 0.529 bits per heavy atom. The van der Waals surface area contributed by atoms with Gasteiger partial charge in [0.25, 0.3) is 0 Å². The van der Waals surface area contributed by atoms with E-state index in [2.05, 4.69) is 24.0 Å². The third kappa shape index (κ3) is 20.6. The van der Waals surface area contributed by atoms with Crippen molar-refractivity contribution in [1.82, 2.24) is 4.90 Å². The molecular weight excluding hydrogens is 414 g/mol. The summed E-state index contributed by atoms with van der Waals surface area (Å²) in [5.41, 5.74) is 0. The highest BCUT2D eigenvalue weighted by molar-refractivity contribution is 5.76. The molecular formula is C32H61NO. The highest BCUT2D eigenvalue weighted by Crippen LogP contribution is 2.15. The molecule has 1 heterocycles. The topological polar surface area (TPSA) is 20.3 Å². The van der Waals surface area contributed by atoms with Crippen LogP contribution >= 0.6 is 0 Å². The lowest BCUT2D eigenvalue weighted by molar-refractivity contribution is -0.130. The molecule has 0 radical (unpaired) electrons. The van der Waals surface area contributed by atoms with Crippen LogP contribution in [-0.2, 0) is 4.79 Å². The predicted molar refractivity (Wildman–Crippen MR) is 151 cm³/mol. The highest BCUT2D eigenvalue weighted by atomic mass is 16.2. The molecule has 0 aromatic rings. The lowest BCUT2D eigenvalue weighted by Crippen LogP contribution is -2.27. The fourth-order valence-corrected chi connectivity index (χ4v) is 5.24. The van der Waals surface area contributed by atoms with Gasteiger partial charge in [-0.25, -0.2) is 0 Å². The molecule has 0 atom stereocenters. The van der Waals surface area contributed by atoms with Crippen LogP contribution in [0, 0.1) is 0 Å². The van der Waals surface area contributed by atoms with Crippen LogP contribution in [0.5, 0.6) is 0 Å². The van der Waals surface area contributed by atoms with Crippen LogP contribution < -0.4 is 0 Å². The van der Waals surface area contributed by atoms with Crippen LogP contribution in [0.25, 0.3) is 0 Å². The van der Waals surface area contributed by atoms with Crippen molar-refractivity contribution in [1.29, 1.82) is 0 Å². The van der Waals surface area contributed by atoms with E-state index in [1.807, 2.05) is 0 Å². The number of hydrogen-bond donors (Lipinski definition) is 0. The number of hydrogen-bond acceptors (Lipinski definition) is 1. The van der Waals surface area contributed by atoms with E-state index < -0.39 is 0 Å². The lowest BCUT2D eigenvalue weighted by Gasteiger charge is -2.14. The first kappa shape index (κ1) is 31.2. The summed E-state index contributed by atoms with van der Waals surface area (Å²) in [7, 11) is 0. The Labute approximate surface area is 214 Å². The van der Waals surface area contributed by atoms with Gasteiger partial charge in [-0.05, 0) is 44.9 Å². The molecule has 2 heteroatoms. The Morgan fingerprint density at radius 3 is 1.29 bits per heavy atom. The monoisotopic (exact) mass is 475 g/mol. The van der Waals surface area contributed by atoms with Crippen molar-refractivity contribution in [3.05, 3.63) is 12.2 Å². The number of amides is 1. The van der Waals surface area contributed by atoms with Crippen LogP contribution in [0.2, 0.25) is 0 Å². The molecule has 0 saturated carbocycles. The zero-order valence-corrected chi connectivity index (χ0v) is 23.3. The van der Waals surface area contributed by atoms with E-state index in [1.165, 1.54) is 154 Å². The average molecular weight is 476 g/mol. The molecule has 0 aromatic carbocycles. The maximum absolute atomic E-state index is 12.0. The number of rotatable bonds is 25. The fourth-order valence-electron chi connectivity index (χ4n) is 5.24. The van der Waals surface area contributed by atoms with Gasteiger partial charge in [0.1, 0.15) is 0 Å². The largest absolute Gasteiger partial charge is 0.343 e. The smallest absolute Gasteiger partial charge is 0.222 e. The molecule has 0 aliphatic carbocycles. The van der Waals surface area contributed by atoms with E-state index in [1.54, 1.807) is 0 Å². The molecule has 0 unspecified atom stereocenters. The zero-order chi connectivity index (χ0) is 24.4. The molecule has 1 amide bonds. The second-order valence-electron chi connectivity index (χ2n) is 11.0. The normalized spacial score (nSPS) is 14.0. The first-order chi connectivity index (χ1) is 16.8. The van der Waals surface area contributed by atoms with Crippen molar-refractivity contribution in [3.8, 4) is 0 Å². The van der Waals surface area contributed by atoms with Gasteiger partial charge in [0, 0.05) is 19.5 Å². The van der Waals surface area contributed by atoms with Crippen LogP contribution in [-0.4, -0.2) is 23.9 Å². The van der Waals surface area contributed by atoms with Gasteiger partial charge < -0.3 is 4.90 Å². The number of allylic oxidation sites excluding steroid dienone is 2. The highest BCUT2D eigenvalue weighted by Gasteiger charge is 2.16. The fraction of sp³-hybridized carbons (Fsp3) is 0.906. The average Bonchev–Trinajstić information content (AvgIpc) is 3.39. The molecule has 1 rings (SSSR count). The first-order valence-corrected chi connectivity index (χ1v) is 15.8. The second-order valence-corrected chi connectivity index (χ2v) is 11.0. The predicted octanol–water partition coefficient (Wildman–Crippen LogP) is 10.5. The number of likely N-dealkylation sites (tertiary alicyclic amines) is 1. The Hall–Kier alpha value is -0.790. The Balaban J connectivity index is 1.67. The van der Waals surface area contributed by atoms with Crippen molar-refractivity contribution in [2.45, 2.75) is 174 Å². The molecule has 0 spiro atoms. The first-order valence-electron chi connectivity index (χ1n) is 15.8. The van der Waals surface area contributed by atoms with E-state index in [0.29, 0.717) is 5.91 Å².